The van der Waals surface area contributed by atoms with Gasteiger partial charge in [0.2, 0.25) is 0 Å². The Bertz CT molecular complexity index is 1010. The van der Waals surface area contributed by atoms with E-state index in [2.05, 4.69) is 47.1 Å². The molecule has 2 atom stereocenters. The van der Waals surface area contributed by atoms with E-state index in [-0.39, 0.29) is 6.04 Å². The lowest BCUT2D eigenvalue weighted by molar-refractivity contribution is 0.0138. The molecule has 5 nitrogen and oxygen atoms in total. The van der Waals surface area contributed by atoms with Gasteiger partial charge in [-0.3, -0.25) is 9.80 Å². The SMILES string of the molecule is COc1ccc(CN2CCN(C(c3ccccc3OC)C(O)c3ccc(C)cc3)CC2)cc1. The molecule has 1 aliphatic rings. The zero-order valence-corrected chi connectivity index (χ0v) is 19.8. The van der Waals surface area contributed by atoms with Gasteiger partial charge < -0.3 is 14.6 Å². The molecule has 4 rings (SSSR count). The van der Waals surface area contributed by atoms with Gasteiger partial charge in [0.05, 0.1) is 26.4 Å². The fourth-order valence-corrected chi connectivity index (χ4v) is 4.61. The van der Waals surface area contributed by atoms with Gasteiger partial charge in [0, 0.05) is 38.3 Å². The molecule has 1 N–H and O–H groups in total. The molecule has 1 fully saturated rings. The van der Waals surface area contributed by atoms with Gasteiger partial charge >= 0.3 is 0 Å². The van der Waals surface area contributed by atoms with Crippen LogP contribution in [0.1, 0.15) is 34.4 Å². The normalized spacial score (nSPS) is 16.8. The zero-order valence-electron chi connectivity index (χ0n) is 19.8. The van der Waals surface area contributed by atoms with E-state index < -0.39 is 6.10 Å². The third-order valence-corrected chi connectivity index (χ3v) is 6.54. The van der Waals surface area contributed by atoms with Crippen LogP contribution in [-0.2, 0) is 6.54 Å². The monoisotopic (exact) mass is 446 g/mol. The predicted molar refractivity (Wildman–Crippen MR) is 132 cm³/mol. The molecule has 0 radical (unpaired) electrons. The van der Waals surface area contributed by atoms with Crippen molar-refractivity contribution in [1.82, 2.24) is 9.80 Å². The van der Waals surface area contributed by atoms with Gasteiger partial charge in [-0.2, -0.15) is 0 Å². The van der Waals surface area contributed by atoms with Crippen molar-refractivity contribution in [3.05, 3.63) is 95.1 Å². The minimum Gasteiger partial charge on any atom is -0.497 e. The third-order valence-electron chi connectivity index (χ3n) is 6.54. The summed E-state index contributed by atoms with van der Waals surface area (Å²) in [6, 6.07) is 24.3. The maximum atomic E-state index is 11.5. The second kappa shape index (κ2) is 10.8. The van der Waals surface area contributed by atoms with Crippen molar-refractivity contribution in [2.45, 2.75) is 25.6 Å². The number of aliphatic hydroxyl groups is 1. The Morgan fingerprint density at radius 1 is 0.818 bits per heavy atom. The standard InChI is InChI=1S/C28H34N2O3/c1-21-8-12-23(13-9-21)28(31)27(25-6-4-5-7-26(25)33-3)30-18-16-29(17-19-30)20-22-10-14-24(32-2)15-11-22/h4-15,27-28,31H,16-20H2,1-3H3. The molecule has 0 aliphatic carbocycles. The Labute approximate surface area is 197 Å². The average molecular weight is 447 g/mol. The second-order valence-corrected chi connectivity index (χ2v) is 8.70. The van der Waals surface area contributed by atoms with Gasteiger partial charge in [-0.05, 0) is 36.2 Å². The van der Waals surface area contributed by atoms with Crippen molar-refractivity contribution < 1.29 is 14.6 Å². The van der Waals surface area contributed by atoms with Gasteiger partial charge in [-0.25, -0.2) is 0 Å². The molecule has 2 unspecified atom stereocenters. The molecular formula is C28H34N2O3. The maximum Gasteiger partial charge on any atom is 0.123 e. The number of benzene rings is 3. The van der Waals surface area contributed by atoms with Gasteiger partial charge in [0.1, 0.15) is 11.5 Å². The highest BCUT2D eigenvalue weighted by atomic mass is 16.5. The van der Waals surface area contributed by atoms with Crippen LogP contribution in [0.3, 0.4) is 0 Å². The fourth-order valence-electron chi connectivity index (χ4n) is 4.61. The topological polar surface area (TPSA) is 45.2 Å². The minimum absolute atomic E-state index is 0.174. The Kier molecular flexibility index (Phi) is 7.65. The molecule has 174 valence electrons. The summed E-state index contributed by atoms with van der Waals surface area (Å²) in [5.74, 6) is 1.70. The van der Waals surface area contributed by atoms with E-state index in [1.807, 2.05) is 42.5 Å². The zero-order chi connectivity index (χ0) is 23.2. The molecular weight excluding hydrogens is 412 g/mol. The number of aryl methyl sites for hydroxylation is 1. The summed E-state index contributed by atoms with van der Waals surface area (Å²) in [5.41, 5.74) is 4.42. The van der Waals surface area contributed by atoms with Gasteiger partial charge in [-0.15, -0.1) is 0 Å². The fraction of sp³-hybridized carbons (Fsp3) is 0.357. The van der Waals surface area contributed by atoms with Crippen molar-refractivity contribution in [2.75, 3.05) is 40.4 Å². The van der Waals surface area contributed by atoms with Crippen LogP contribution >= 0.6 is 0 Å². The molecule has 0 spiro atoms. The van der Waals surface area contributed by atoms with Crippen molar-refractivity contribution in [3.8, 4) is 11.5 Å². The molecule has 5 heteroatoms. The van der Waals surface area contributed by atoms with Gasteiger partial charge in [0.25, 0.3) is 0 Å². The molecule has 3 aromatic carbocycles. The van der Waals surface area contributed by atoms with E-state index in [0.717, 1.165) is 55.3 Å². The molecule has 1 heterocycles. The average Bonchev–Trinajstić information content (AvgIpc) is 2.86. The number of hydrogen-bond donors (Lipinski definition) is 1. The molecule has 1 aliphatic heterocycles. The molecule has 33 heavy (non-hydrogen) atoms. The number of aliphatic hydroxyl groups excluding tert-OH is 1. The summed E-state index contributed by atoms with van der Waals surface area (Å²) >= 11 is 0. The molecule has 1 saturated heterocycles. The highest BCUT2D eigenvalue weighted by Gasteiger charge is 2.33. The number of para-hydroxylation sites is 1. The number of hydrogen-bond acceptors (Lipinski definition) is 5. The Hall–Kier alpha value is -2.86. The lowest BCUT2D eigenvalue weighted by Gasteiger charge is -2.41. The van der Waals surface area contributed by atoms with E-state index in [0.29, 0.717) is 0 Å². The van der Waals surface area contributed by atoms with Crippen LogP contribution in [0, 0.1) is 6.92 Å². The van der Waals surface area contributed by atoms with Crippen molar-refractivity contribution in [2.24, 2.45) is 0 Å². The summed E-state index contributed by atoms with van der Waals surface area (Å²) in [4.78, 5) is 4.86. The summed E-state index contributed by atoms with van der Waals surface area (Å²) < 4.78 is 11.0. The first-order valence-electron chi connectivity index (χ1n) is 11.6. The van der Waals surface area contributed by atoms with E-state index in [4.69, 9.17) is 9.47 Å². The predicted octanol–water partition coefficient (Wildman–Crippen LogP) is 4.60. The van der Waals surface area contributed by atoms with Crippen LogP contribution in [0.2, 0.25) is 0 Å². The van der Waals surface area contributed by atoms with Crippen molar-refractivity contribution >= 4 is 0 Å². The Balaban J connectivity index is 1.52. The first-order chi connectivity index (χ1) is 16.1. The first-order valence-corrected chi connectivity index (χ1v) is 11.6. The lowest BCUT2D eigenvalue weighted by Crippen LogP contribution is -2.48. The smallest absolute Gasteiger partial charge is 0.123 e. The maximum absolute atomic E-state index is 11.5. The van der Waals surface area contributed by atoms with Crippen LogP contribution in [0.25, 0.3) is 0 Å². The third kappa shape index (κ3) is 5.56. The van der Waals surface area contributed by atoms with Gasteiger partial charge in [0.15, 0.2) is 0 Å². The van der Waals surface area contributed by atoms with E-state index in [9.17, 15) is 5.11 Å². The Morgan fingerprint density at radius 2 is 1.48 bits per heavy atom. The Morgan fingerprint density at radius 3 is 2.12 bits per heavy atom. The number of piperazine rings is 1. The number of nitrogens with zero attached hydrogens (tertiary/aromatic N) is 2. The summed E-state index contributed by atoms with van der Waals surface area (Å²) in [6.45, 7) is 6.62. The summed E-state index contributed by atoms with van der Waals surface area (Å²) in [7, 11) is 3.39. The van der Waals surface area contributed by atoms with E-state index in [1.165, 1.54) is 11.1 Å². The first kappa shape index (κ1) is 23.3. The largest absolute Gasteiger partial charge is 0.497 e. The quantitative estimate of drug-likeness (QED) is 0.548. The minimum atomic E-state index is -0.643. The van der Waals surface area contributed by atoms with Crippen LogP contribution in [0.15, 0.2) is 72.8 Å². The molecule has 0 bridgehead atoms. The van der Waals surface area contributed by atoms with Crippen LogP contribution < -0.4 is 9.47 Å². The van der Waals surface area contributed by atoms with Crippen LogP contribution in [-0.4, -0.2) is 55.3 Å². The number of methoxy groups -OCH3 is 2. The second-order valence-electron chi connectivity index (χ2n) is 8.70. The van der Waals surface area contributed by atoms with E-state index in [1.54, 1.807) is 14.2 Å². The molecule has 3 aromatic rings. The van der Waals surface area contributed by atoms with Crippen LogP contribution in [0.4, 0.5) is 0 Å². The number of rotatable bonds is 8. The highest BCUT2D eigenvalue weighted by Crippen LogP contribution is 2.39. The van der Waals surface area contributed by atoms with Crippen molar-refractivity contribution in [3.63, 3.8) is 0 Å². The molecule has 0 amide bonds. The van der Waals surface area contributed by atoms with Crippen LogP contribution in [0.5, 0.6) is 11.5 Å². The van der Waals surface area contributed by atoms with E-state index >= 15 is 0 Å². The van der Waals surface area contributed by atoms with Gasteiger partial charge in [-0.1, -0.05) is 60.2 Å². The summed E-state index contributed by atoms with van der Waals surface area (Å²) in [6.07, 6.45) is -0.643. The number of ether oxygens (including phenoxy) is 2. The highest BCUT2D eigenvalue weighted by molar-refractivity contribution is 5.38. The molecule has 0 saturated carbocycles. The lowest BCUT2D eigenvalue weighted by atomic mass is 9.92. The molecule has 0 aromatic heterocycles. The summed E-state index contributed by atoms with van der Waals surface area (Å²) in [5, 5.41) is 11.5. The van der Waals surface area contributed by atoms with Crippen molar-refractivity contribution in [1.29, 1.82) is 0 Å².